The van der Waals surface area contributed by atoms with Gasteiger partial charge in [0, 0.05) is 22.2 Å². The molecule has 0 aliphatic carbocycles. The molecule has 2 aromatic rings. The van der Waals surface area contributed by atoms with E-state index in [1.165, 1.54) is 4.90 Å². The van der Waals surface area contributed by atoms with E-state index in [-0.39, 0.29) is 10.9 Å². The van der Waals surface area contributed by atoms with Crippen LogP contribution >= 0.6 is 39.1 Å². The summed E-state index contributed by atoms with van der Waals surface area (Å²) < 4.78 is 0.958. The van der Waals surface area contributed by atoms with Crippen molar-refractivity contribution in [2.24, 2.45) is 0 Å². The predicted molar refractivity (Wildman–Crippen MR) is 97.0 cm³/mol. The Labute approximate surface area is 157 Å². The van der Waals surface area contributed by atoms with Crippen molar-refractivity contribution in [3.8, 4) is 0 Å². The van der Waals surface area contributed by atoms with Crippen molar-refractivity contribution in [3.63, 3.8) is 0 Å². The monoisotopic (exact) mass is 424 g/mol. The summed E-state index contributed by atoms with van der Waals surface area (Å²) in [5.74, 6) is -0.302. The van der Waals surface area contributed by atoms with Crippen LogP contribution in [0.15, 0.2) is 52.0 Å². The first-order valence-corrected chi connectivity index (χ1v) is 8.76. The van der Waals surface area contributed by atoms with Crippen molar-refractivity contribution in [3.05, 3.63) is 68.1 Å². The minimum absolute atomic E-state index is 0.122. The Morgan fingerprint density at radius 2 is 1.83 bits per heavy atom. The topological polar surface area (TPSA) is 43.8 Å². The first-order valence-electron chi connectivity index (χ1n) is 7.21. The van der Waals surface area contributed by atoms with E-state index in [4.69, 9.17) is 23.2 Å². The van der Waals surface area contributed by atoms with Crippen LogP contribution in [0.3, 0.4) is 0 Å². The average molecular weight is 426 g/mol. The lowest BCUT2D eigenvalue weighted by Crippen LogP contribution is -2.43. The summed E-state index contributed by atoms with van der Waals surface area (Å²) in [4.78, 5) is 14.1. The van der Waals surface area contributed by atoms with Gasteiger partial charge in [0.2, 0.25) is 0 Å². The molecule has 1 amide bonds. The van der Waals surface area contributed by atoms with E-state index < -0.39 is 6.17 Å². The quantitative estimate of drug-likeness (QED) is 0.762. The second-order valence-corrected chi connectivity index (χ2v) is 7.34. The van der Waals surface area contributed by atoms with E-state index in [0.717, 1.165) is 15.1 Å². The highest BCUT2D eigenvalue weighted by atomic mass is 79.9. The smallest absolute Gasteiger partial charge is 0.268 e. The molecule has 0 aromatic heterocycles. The minimum atomic E-state index is -0.663. The van der Waals surface area contributed by atoms with Crippen LogP contribution in [-0.4, -0.2) is 22.2 Å². The van der Waals surface area contributed by atoms with Gasteiger partial charge in [-0.05, 0) is 23.8 Å². The SMILES string of the molecule is O=C1C(Cl)=C2c3cccc(Cl)c3N(O)C2N1Cc1ccc(Br)cc1. The molecule has 4 nitrogen and oxygen atoms in total. The Morgan fingerprint density at radius 3 is 2.54 bits per heavy atom. The van der Waals surface area contributed by atoms with Crippen LogP contribution in [-0.2, 0) is 11.3 Å². The third-order valence-corrected chi connectivity index (χ3v) is 5.44. The molecular formula is C17H11BrCl2N2O2. The summed E-state index contributed by atoms with van der Waals surface area (Å²) in [7, 11) is 0. The van der Waals surface area contributed by atoms with E-state index in [9.17, 15) is 10.0 Å². The number of anilines is 1. The van der Waals surface area contributed by atoms with Crippen LogP contribution in [0.25, 0.3) is 5.57 Å². The highest BCUT2D eigenvalue weighted by Crippen LogP contribution is 2.50. The molecule has 7 heteroatoms. The maximum absolute atomic E-state index is 12.6. The number of carbonyl (C=O) groups is 1. The number of hydrogen-bond donors (Lipinski definition) is 1. The van der Waals surface area contributed by atoms with Gasteiger partial charge in [-0.1, -0.05) is 63.4 Å². The molecule has 0 saturated carbocycles. The Morgan fingerprint density at radius 1 is 1.12 bits per heavy atom. The number of nitrogens with zero attached hydrogens (tertiary/aromatic N) is 2. The molecule has 0 fully saturated rings. The fourth-order valence-corrected chi connectivity index (χ4v) is 4.00. The molecular weight excluding hydrogens is 415 g/mol. The molecule has 0 spiro atoms. The summed E-state index contributed by atoms with van der Waals surface area (Å²) in [5.41, 5.74) is 2.70. The van der Waals surface area contributed by atoms with Crippen molar-refractivity contribution >= 4 is 56.3 Å². The summed E-state index contributed by atoms with van der Waals surface area (Å²) >= 11 is 15.9. The van der Waals surface area contributed by atoms with E-state index in [1.54, 1.807) is 18.2 Å². The number of carbonyl (C=O) groups excluding carboxylic acids is 1. The summed E-state index contributed by atoms with van der Waals surface area (Å²) in [6, 6.07) is 12.9. The number of amides is 1. The Bertz CT molecular complexity index is 883. The molecule has 1 atom stereocenters. The van der Waals surface area contributed by atoms with Crippen LogP contribution < -0.4 is 5.06 Å². The zero-order chi connectivity index (χ0) is 17.0. The van der Waals surface area contributed by atoms with Crippen molar-refractivity contribution < 1.29 is 10.0 Å². The first kappa shape index (κ1) is 16.0. The third kappa shape index (κ3) is 2.27. The van der Waals surface area contributed by atoms with Crippen LogP contribution in [0.4, 0.5) is 5.69 Å². The predicted octanol–water partition coefficient (Wildman–Crippen LogP) is 4.63. The molecule has 1 unspecified atom stereocenters. The summed E-state index contributed by atoms with van der Waals surface area (Å²) in [6.07, 6.45) is -0.663. The van der Waals surface area contributed by atoms with Crippen molar-refractivity contribution in [2.45, 2.75) is 12.7 Å². The number of rotatable bonds is 2. The first-order chi connectivity index (χ1) is 11.5. The van der Waals surface area contributed by atoms with Gasteiger partial charge in [-0.25, -0.2) is 5.06 Å². The number of hydrogen-bond acceptors (Lipinski definition) is 3. The molecule has 0 saturated heterocycles. The van der Waals surface area contributed by atoms with E-state index in [0.29, 0.717) is 28.4 Å². The summed E-state index contributed by atoms with van der Waals surface area (Å²) in [6.45, 7) is 0.333. The van der Waals surface area contributed by atoms with E-state index >= 15 is 0 Å². The van der Waals surface area contributed by atoms with Crippen molar-refractivity contribution in [1.29, 1.82) is 0 Å². The standard InChI is InChI=1S/C17H11BrCl2N2O2/c18-10-6-4-9(5-7-10)8-21-16-13(14(20)17(21)23)11-2-1-3-12(19)15(11)22(16)24/h1-7,16,24H,8H2. The van der Waals surface area contributed by atoms with Crippen LogP contribution in [0.5, 0.6) is 0 Å². The number of fused-ring (bicyclic) bond motifs is 3. The molecule has 4 rings (SSSR count). The Kier molecular flexibility index (Phi) is 3.84. The third-order valence-electron chi connectivity index (χ3n) is 4.24. The van der Waals surface area contributed by atoms with Gasteiger partial charge in [0.1, 0.15) is 5.03 Å². The number of halogens is 3. The van der Waals surface area contributed by atoms with Gasteiger partial charge in [0.15, 0.2) is 6.17 Å². The molecule has 2 heterocycles. The van der Waals surface area contributed by atoms with Gasteiger partial charge >= 0.3 is 0 Å². The van der Waals surface area contributed by atoms with Crippen molar-refractivity contribution in [1.82, 2.24) is 4.90 Å². The second-order valence-electron chi connectivity index (χ2n) is 5.64. The zero-order valence-corrected chi connectivity index (χ0v) is 15.3. The van der Waals surface area contributed by atoms with Gasteiger partial charge in [0.05, 0.1) is 10.7 Å². The molecule has 24 heavy (non-hydrogen) atoms. The molecule has 2 aliphatic heterocycles. The maximum Gasteiger partial charge on any atom is 0.268 e. The fourth-order valence-electron chi connectivity index (χ4n) is 3.17. The van der Waals surface area contributed by atoms with Gasteiger partial charge in [0.25, 0.3) is 5.91 Å². The molecule has 122 valence electrons. The van der Waals surface area contributed by atoms with E-state index in [1.807, 2.05) is 24.3 Å². The maximum atomic E-state index is 12.6. The highest BCUT2D eigenvalue weighted by Gasteiger charge is 2.48. The van der Waals surface area contributed by atoms with Gasteiger partial charge < -0.3 is 4.90 Å². The van der Waals surface area contributed by atoms with Crippen LogP contribution in [0.1, 0.15) is 11.1 Å². The molecule has 0 radical (unpaired) electrons. The lowest BCUT2D eigenvalue weighted by Gasteiger charge is -2.29. The van der Waals surface area contributed by atoms with Crippen molar-refractivity contribution in [2.75, 3.05) is 5.06 Å². The summed E-state index contributed by atoms with van der Waals surface area (Å²) in [5, 5.41) is 12.2. The largest absolute Gasteiger partial charge is 0.307 e. The molecule has 1 N–H and O–H groups in total. The lowest BCUT2D eigenvalue weighted by molar-refractivity contribution is -0.127. The lowest BCUT2D eigenvalue weighted by atomic mass is 10.1. The van der Waals surface area contributed by atoms with E-state index in [2.05, 4.69) is 15.9 Å². The minimum Gasteiger partial charge on any atom is -0.307 e. The Balaban J connectivity index is 1.76. The normalized spacial score (nSPS) is 19.2. The fraction of sp³-hybridized carbons (Fsp3) is 0.118. The number of benzene rings is 2. The number of hydroxylamine groups is 1. The molecule has 2 aromatic carbocycles. The van der Waals surface area contributed by atoms with Gasteiger partial charge in [-0.3, -0.25) is 10.0 Å². The van der Waals surface area contributed by atoms with Gasteiger partial charge in [-0.15, -0.1) is 0 Å². The zero-order valence-electron chi connectivity index (χ0n) is 12.2. The van der Waals surface area contributed by atoms with Gasteiger partial charge in [-0.2, -0.15) is 0 Å². The van der Waals surface area contributed by atoms with Crippen LogP contribution in [0.2, 0.25) is 5.02 Å². The average Bonchev–Trinajstić information content (AvgIpc) is 2.99. The second kappa shape index (κ2) is 5.77. The molecule has 0 bridgehead atoms. The number of para-hydroxylation sites is 1. The highest BCUT2D eigenvalue weighted by molar-refractivity contribution is 9.10. The molecule has 2 aliphatic rings. The van der Waals surface area contributed by atoms with Crippen LogP contribution in [0, 0.1) is 0 Å². The Hall–Kier alpha value is -1.53.